The molecular weight excluding hydrogens is 379 g/mol. The summed E-state index contributed by atoms with van der Waals surface area (Å²) >= 11 is 0. The van der Waals surface area contributed by atoms with Crippen LogP contribution in [0.1, 0.15) is 0 Å². The molecule has 0 saturated carbocycles. The molecule has 0 unspecified atom stereocenters. The Morgan fingerprint density at radius 3 is 1.87 bits per heavy atom. The molecule has 0 N–H and O–H groups in total. The van der Waals surface area contributed by atoms with Crippen LogP contribution >= 0.6 is 0 Å². The van der Waals surface area contributed by atoms with Crippen LogP contribution in [0.2, 0.25) is 0 Å². The molecule has 0 atom stereocenters. The van der Waals surface area contributed by atoms with Crippen molar-refractivity contribution in [1.29, 1.82) is 0 Å². The number of fused-ring (bicyclic) bond motifs is 3. The Kier molecular flexibility index (Phi) is 4.07. The zero-order chi connectivity index (χ0) is 20.8. The Labute approximate surface area is 180 Å². The molecule has 6 aromatic rings. The average molecular weight is 398 g/mol. The van der Waals surface area contributed by atoms with E-state index in [0.717, 1.165) is 11.1 Å². The van der Waals surface area contributed by atoms with Gasteiger partial charge in [0.2, 0.25) is 0 Å². The Bertz CT molecular complexity index is 1570. The number of hydrogen-bond donors (Lipinski definition) is 0. The maximum Gasteiger partial charge on any atom is 0.123 e. The van der Waals surface area contributed by atoms with Gasteiger partial charge in [-0.25, -0.2) is 4.39 Å². The van der Waals surface area contributed by atoms with E-state index in [4.69, 9.17) is 0 Å². The third-order valence-electron chi connectivity index (χ3n) is 6.12. The highest BCUT2D eigenvalue weighted by Gasteiger charge is 2.14. The summed E-state index contributed by atoms with van der Waals surface area (Å²) in [5.41, 5.74) is 4.61. The van der Waals surface area contributed by atoms with Crippen LogP contribution in [-0.2, 0) is 0 Å². The van der Waals surface area contributed by atoms with Gasteiger partial charge in [0.1, 0.15) is 5.82 Å². The van der Waals surface area contributed by atoms with Crippen LogP contribution in [0.25, 0.3) is 54.6 Å². The molecule has 0 aromatic heterocycles. The first-order chi connectivity index (χ1) is 15.3. The predicted molar refractivity (Wildman–Crippen MR) is 130 cm³/mol. The van der Waals surface area contributed by atoms with Gasteiger partial charge in [0, 0.05) is 0 Å². The lowest BCUT2D eigenvalue weighted by Crippen LogP contribution is -1.89. The van der Waals surface area contributed by atoms with Gasteiger partial charge >= 0.3 is 0 Å². The Hall–Kier alpha value is -3.97. The molecule has 0 aliphatic carbocycles. The van der Waals surface area contributed by atoms with Gasteiger partial charge in [-0.05, 0) is 72.8 Å². The van der Waals surface area contributed by atoms with Crippen LogP contribution < -0.4 is 0 Å². The zero-order valence-electron chi connectivity index (χ0n) is 16.8. The Morgan fingerprint density at radius 2 is 1.03 bits per heavy atom. The van der Waals surface area contributed by atoms with Crippen LogP contribution in [0.5, 0.6) is 0 Å². The summed E-state index contributed by atoms with van der Waals surface area (Å²) < 4.78 is 13.6. The minimum absolute atomic E-state index is 0.217. The SMILES string of the molecule is Fc1ccc(-c2cccc3c(-c4cccc5ccccc45)c4ccccc4cc23)cc1. The average Bonchev–Trinajstić information content (AvgIpc) is 2.82. The molecule has 0 fully saturated rings. The largest absolute Gasteiger partial charge is 0.207 e. The fourth-order valence-corrected chi connectivity index (χ4v) is 4.70. The van der Waals surface area contributed by atoms with Crippen LogP contribution in [0, 0.1) is 5.82 Å². The summed E-state index contributed by atoms with van der Waals surface area (Å²) in [5.74, 6) is -0.217. The van der Waals surface area contributed by atoms with E-state index in [1.807, 2.05) is 12.1 Å². The van der Waals surface area contributed by atoms with Crippen molar-refractivity contribution in [2.24, 2.45) is 0 Å². The van der Waals surface area contributed by atoms with Crippen molar-refractivity contribution in [2.75, 3.05) is 0 Å². The van der Waals surface area contributed by atoms with Crippen LogP contribution in [0.15, 0.2) is 115 Å². The molecule has 146 valence electrons. The number of benzene rings is 6. The highest BCUT2D eigenvalue weighted by Crippen LogP contribution is 2.42. The van der Waals surface area contributed by atoms with Gasteiger partial charge in [0.05, 0.1) is 0 Å². The molecule has 0 saturated heterocycles. The summed E-state index contributed by atoms with van der Waals surface area (Å²) in [6.07, 6.45) is 0. The van der Waals surface area contributed by atoms with E-state index in [2.05, 4.69) is 91.0 Å². The molecule has 0 heterocycles. The lowest BCUT2D eigenvalue weighted by Gasteiger charge is -2.16. The minimum Gasteiger partial charge on any atom is -0.207 e. The van der Waals surface area contributed by atoms with Crippen LogP contribution in [0.4, 0.5) is 4.39 Å². The number of rotatable bonds is 2. The van der Waals surface area contributed by atoms with E-state index in [0.29, 0.717) is 0 Å². The molecule has 0 radical (unpaired) electrons. The van der Waals surface area contributed by atoms with Gasteiger partial charge < -0.3 is 0 Å². The maximum atomic E-state index is 13.6. The second-order valence-corrected chi connectivity index (χ2v) is 7.91. The second-order valence-electron chi connectivity index (χ2n) is 7.91. The van der Waals surface area contributed by atoms with Gasteiger partial charge in [-0.1, -0.05) is 97.1 Å². The molecular formula is C30H19F. The molecule has 6 aromatic carbocycles. The minimum atomic E-state index is -0.217. The third-order valence-corrected chi connectivity index (χ3v) is 6.12. The highest BCUT2D eigenvalue weighted by atomic mass is 19.1. The molecule has 0 spiro atoms. The quantitative estimate of drug-likeness (QED) is 0.256. The van der Waals surface area contributed by atoms with E-state index in [1.54, 1.807) is 0 Å². The van der Waals surface area contributed by atoms with Crippen molar-refractivity contribution in [3.63, 3.8) is 0 Å². The van der Waals surface area contributed by atoms with Crippen LogP contribution in [-0.4, -0.2) is 0 Å². The normalized spacial score (nSPS) is 11.4. The Balaban J connectivity index is 1.78. The standard InChI is InChI=1S/C30H19F/c31-23-17-15-21(16-18-23)25-12-6-14-28-29(25)19-22-8-2-4-11-26(22)30(28)27-13-5-9-20-7-1-3-10-24(20)27/h1-19H. The highest BCUT2D eigenvalue weighted by molar-refractivity contribution is 6.19. The summed E-state index contributed by atoms with van der Waals surface area (Å²) in [7, 11) is 0. The van der Waals surface area contributed by atoms with Crippen molar-refractivity contribution in [1.82, 2.24) is 0 Å². The van der Waals surface area contributed by atoms with Crippen molar-refractivity contribution in [2.45, 2.75) is 0 Å². The van der Waals surface area contributed by atoms with E-state index in [-0.39, 0.29) is 5.82 Å². The molecule has 0 amide bonds. The first-order valence-corrected chi connectivity index (χ1v) is 10.5. The monoisotopic (exact) mass is 398 g/mol. The molecule has 0 nitrogen and oxygen atoms in total. The number of halogens is 1. The summed E-state index contributed by atoms with van der Waals surface area (Å²) in [6, 6.07) is 39.1. The first-order valence-electron chi connectivity index (χ1n) is 10.5. The smallest absolute Gasteiger partial charge is 0.123 e. The van der Waals surface area contributed by atoms with E-state index < -0.39 is 0 Å². The number of hydrogen-bond acceptors (Lipinski definition) is 0. The molecule has 0 aliphatic heterocycles. The van der Waals surface area contributed by atoms with E-state index in [9.17, 15) is 4.39 Å². The molecule has 1 heteroatoms. The molecule has 0 bridgehead atoms. The maximum absolute atomic E-state index is 13.6. The summed E-state index contributed by atoms with van der Waals surface area (Å²) in [4.78, 5) is 0. The second kappa shape index (κ2) is 7.07. The fourth-order valence-electron chi connectivity index (χ4n) is 4.70. The topological polar surface area (TPSA) is 0 Å². The predicted octanol–water partition coefficient (Wildman–Crippen LogP) is 8.62. The van der Waals surface area contributed by atoms with Gasteiger partial charge in [0.15, 0.2) is 0 Å². The van der Waals surface area contributed by atoms with Gasteiger partial charge in [-0.2, -0.15) is 0 Å². The van der Waals surface area contributed by atoms with E-state index >= 15 is 0 Å². The van der Waals surface area contributed by atoms with E-state index in [1.165, 1.54) is 55.6 Å². The third kappa shape index (κ3) is 2.90. The van der Waals surface area contributed by atoms with Gasteiger partial charge in [-0.3, -0.25) is 0 Å². The van der Waals surface area contributed by atoms with Crippen molar-refractivity contribution >= 4 is 32.3 Å². The van der Waals surface area contributed by atoms with Gasteiger partial charge in [-0.15, -0.1) is 0 Å². The first kappa shape index (κ1) is 17.9. The summed E-state index contributed by atoms with van der Waals surface area (Å²) in [5, 5.41) is 7.30. The molecule has 31 heavy (non-hydrogen) atoms. The lowest BCUT2D eigenvalue weighted by molar-refractivity contribution is 0.628. The summed E-state index contributed by atoms with van der Waals surface area (Å²) in [6.45, 7) is 0. The lowest BCUT2D eigenvalue weighted by atomic mass is 9.87. The van der Waals surface area contributed by atoms with Crippen molar-refractivity contribution in [3.8, 4) is 22.3 Å². The van der Waals surface area contributed by atoms with Gasteiger partial charge in [0.25, 0.3) is 0 Å². The zero-order valence-corrected chi connectivity index (χ0v) is 16.8. The van der Waals surface area contributed by atoms with Crippen LogP contribution in [0.3, 0.4) is 0 Å². The molecule has 6 rings (SSSR count). The van der Waals surface area contributed by atoms with Crippen molar-refractivity contribution < 1.29 is 4.39 Å². The Morgan fingerprint density at radius 1 is 0.419 bits per heavy atom. The fraction of sp³-hybridized carbons (Fsp3) is 0. The van der Waals surface area contributed by atoms with Crippen molar-refractivity contribution in [3.05, 3.63) is 121 Å². The molecule has 0 aliphatic rings.